The van der Waals surface area contributed by atoms with Crippen molar-refractivity contribution in [2.45, 2.75) is 32.2 Å². The molecule has 1 aliphatic rings. The first-order valence-corrected chi connectivity index (χ1v) is 8.56. The summed E-state index contributed by atoms with van der Waals surface area (Å²) >= 11 is 1.48. The van der Waals surface area contributed by atoms with Crippen LogP contribution in [0.5, 0.6) is 0 Å². The Morgan fingerprint density at radius 3 is 2.67 bits per heavy atom. The van der Waals surface area contributed by atoms with E-state index in [0.29, 0.717) is 6.54 Å². The van der Waals surface area contributed by atoms with E-state index in [2.05, 4.69) is 4.98 Å². The Morgan fingerprint density at radius 1 is 1.29 bits per heavy atom. The highest BCUT2D eigenvalue weighted by Gasteiger charge is 2.29. The van der Waals surface area contributed by atoms with Gasteiger partial charge in [0.25, 0.3) is 5.91 Å². The molecule has 1 amide bonds. The normalized spacial score (nSPS) is 16.9. The number of piperidine rings is 1. The van der Waals surface area contributed by atoms with Crippen LogP contribution in [0.1, 0.15) is 34.6 Å². The molecule has 24 heavy (non-hydrogen) atoms. The summed E-state index contributed by atoms with van der Waals surface area (Å²) in [6.07, 6.45) is 3.22. The van der Waals surface area contributed by atoms with Gasteiger partial charge in [0.05, 0.1) is 5.69 Å². The molecule has 2 N–H and O–H groups in total. The van der Waals surface area contributed by atoms with Crippen molar-refractivity contribution in [1.82, 2.24) is 9.88 Å². The van der Waals surface area contributed by atoms with Crippen molar-refractivity contribution in [2.24, 2.45) is 5.73 Å². The van der Waals surface area contributed by atoms with Crippen LogP contribution in [0.3, 0.4) is 0 Å². The smallest absolute Gasteiger partial charge is 0.266 e. The number of halogens is 2. The summed E-state index contributed by atoms with van der Waals surface area (Å²) in [5, 5.41) is 0.905. The van der Waals surface area contributed by atoms with Crippen molar-refractivity contribution in [3.8, 4) is 10.6 Å². The maximum absolute atomic E-state index is 12.9. The molecule has 2 aromatic rings. The predicted molar refractivity (Wildman–Crippen MR) is 105 cm³/mol. The summed E-state index contributed by atoms with van der Waals surface area (Å²) < 4.78 is 0. The monoisotopic (exact) mass is 387 g/mol. The lowest BCUT2D eigenvalue weighted by Crippen LogP contribution is -2.47. The maximum Gasteiger partial charge on any atom is 0.266 e. The molecule has 4 nitrogen and oxygen atoms in total. The summed E-state index contributed by atoms with van der Waals surface area (Å²) in [6, 6.07) is 10.2. The van der Waals surface area contributed by atoms with Crippen LogP contribution >= 0.6 is 36.2 Å². The third kappa shape index (κ3) is 4.28. The molecule has 1 atom stereocenters. The summed E-state index contributed by atoms with van der Waals surface area (Å²) in [6.45, 7) is 3.26. The number of carbonyl (C=O) groups is 1. The molecule has 1 aliphatic heterocycles. The second-order valence-corrected chi connectivity index (χ2v) is 6.68. The number of nitrogens with zero attached hydrogens (tertiary/aromatic N) is 2. The van der Waals surface area contributed by atoms with Crippen molar-refractivity contribution in [3.05, 3.63) is 40.9 Å². The largest absolute Gasteiger partial charge is 0.334 e. The van der Waals surface area contributed by atoms with Gasteiger partial charge in [0.1, 0.15) is 9.88 Å². The van der Waals surface area contributed by atoms with Gasteiger partial charge >= 0.3 is 0 Å². The number of nitrogens with two attached hydrogens (primary N) is 1. The van der Waals surface area contributed by atoms with Crippen molar-refractivity contribution >= 4 is 42.1 Å². The molecule has 1 aromatic carbocycles. The second kappa shape index (κ2) is 9.37. The summed E-state index contributed by atoms with van der Waals surface area (Å²) in [4.78, 5) is 20.2. The van der Waals surface area contributed by atoms with Gasteiger partial charge in [-0.3, -0.25) is 4.79 Å². The number of hydrogen-bond acceptors (Lipinski definition) is 4. The van der Waals surface area contributed by atoms with Crippen LogP contribution in [-0.2, 0) is 0 Å². The van der Waals surface area contributed by atoms with Crippen LogP contribution in [0, 0.1) is 6.92 Å². The van der Waals surface area contributed by atoms with Gasteiger partial charge in [0.15, 0.2) is 0 Å². The lowest BCUT2D eigenvalue weighted by molar-refractivity contribution is 0.0627. The SMILES string of the molecule is Cc1nc(-c2ccccc2)sc1C(=O)N1CCCCC1CN.Cl.Cl. The molecule has 0 bridgehead atoms. The lowest BCUT2D eigenvalue weighted by atomic mass is 10.0. The van der Waals surface area contributed by atoms with Gasteiger partial charge in [-0.15, -0.1) is 36.2 Å². The van der Waals surface area contributed by atoms with Crippen LogP contribution < -0.4 is 5.73 Å². The molecule has 1 aromatic heterocycles. The average molecular weight is 388 g/mol. The van der Waals surface area contributed by atoms with Gasteiger partial charge in [0, 0.05) is 24.7 Å². The number of hydrogen-bond donors (Lipinski definition) is 1. The molecule has 2 heterocycles. The van der Waals surface area contributed by atoms with E-state index >= 15 is 0 Å². The number of aryl methyl sites for hydroxylation is 1. The van der Waals surface area contributed by atoms with Crippen LogP contribution in [0.4, 0.5) is 0 Å². The van der Waals surface area contributed by atoms with Crippen LogP contribution in [0.15, 0.2) is 30.3 Å². The third-order valence-corrected chi connectivity index (χ3v) is 5.37. The topological polar surface area (TPSA) is 59.2 Å². The highest BCUT2D eigenvalue weighted by molar-refractivity contribution is 7.17. The molecule has 0 radical (unpaired) electrons. The zero-order valence-electron chi connectivity index (χ0n) is 13.6. The zero-order valence-corrected chi connectivity index (χ0v) is 16.1. The molecule has 1 fully saturated rings. The molecule has 0 aliphatic carbocycles. The van der Waals surface area contributed by atoms with E-state index in [4.69, 9.17) is 5.73 Å². The predicted octanol–water partition coefficient (Wildman–Crippen LogP) is 3.92. The van der Waals surface area contributed by atoms with E-state index in [1.807, 2.05) is 42.2 Å². The molecule has 3 rings (SSSR count). The number of aromatic nitrogens is 1. The molecule has 1 unspecified atom stereocenters. The Kier molecular flexibility index (Phi) is 8.16. The average Bonchev–Trinajstić information content (AvgIpc) is 2.97. The Hall–Kier alpha value is -1.14. The Labute approximate surface area is 159 Å². The molecule has 1 saturated heterocycles. The summed E-state index contributed by atoms with van der Waals surface area (Å²) in [5.74, 6) is 0.0901. The van der Waals surface area contributed by atoms with Gasteiger partial charge in [0.2, 0.25) is 0 Å². The molecule has 132 valence electrons. The van der Waals surface area contributed by atoms with E-state index in [1.165, 1.54) is 11.3 Å². The van der Waals surface area contributed by atoms with E-state index in [-0.39, 0.29) is 36.8 Å². The van der Waals surface area contributed by atoms with Gasteiger partial charge < -0.3 is 10.6 Å². The second-order valence-electron chi connectivity index (χ2n) is 5.68. The molecule has 0 spiro atoms. The number of thiazole rings is 1. The Morgan fingerprint density at radius 2 is 2.00 bits per heavy atom. The zero-order chi connectivity index (χ0) is 15.5. The summed E-state index contributed by atoms with van der Waals surface area (Å²) in [5.41, 5.74) is 7.71. The maximum atomic E-state index is 12.9. The first-order chi connectivity index (χ1) is 10.7. The number of benzene rings is 1. The fourth-order valence-electron chi connectivity index (χ4n) is 2.94. The third-order valence-electron chi connectivity index (χ3n) is 4.17. The number of carbonyl (C=O) groups excluding carboxylic acids is 1. The fourth-order valence-corrected chi connectivity index (χ4v) is 3.97. The minimum Gasteiger partial charge on any atom is -0.334 e. The Bertz CT molecular complexity index is 663. The fraction of sp³-hybridized carbons (Fsp3) is 0.412. The molecular formula is C17H23Cl2N3OS. The lowest BCUT2D eigenvalue weighted by Gasteiger charge is -2.34. The first kappa shape index (κ1) is 20.9. The van der Waals surface area contributed by atoms with Gasteiger partial charge in [-0.1, -0.05) is 30.3 Å². The summed E-state index contributed by atoms with van der Waals surface area (Å²) in [7, 11) is 0. The number of amides is 1. The number of likely N-dealkylation sites (tertiary alicyclic amines) is 1. The van der Waals surface area contributed by atoms with Crippen LogP contribution in [-0.4, -0.2) is 34.9 Å². The highest BCUT2D eigenvalue weighted by Crippen LogP contribution is 2.30. The molecular weight excluding hydrogens is 365 g/mol. The Balaban J connectivity index is 0.00000144. The van der Waals surface area contributed by atoms with E-state index in [9.17, 15) is 4.79 Å². The van der Waals surface area contributed by atoms with Gasteiger partial charge in [-0.25, -0.2) is 4.98 Å². The van der Waals surface area contributed by atoms with E-state index in [1.54, 1.807) is 0 Å². The minimum atomic E-state index is 0. The molecule has 0 saturated carbocycles. The standard InChI is InChI=1S/C17H21N3OS.2ClH/c1-12-15(17(21)20-10-6-5-9-14(20)11-18)22-16(19-12)13-7-3-2-4-8-13;;/h2-4,7-8,14H,5-6,9-11,18H2,1H3;2*1H. The van der Waals surface area contributed by atoms with Crippen molar-refractivity contribution in [3.63, 3.8) is 0 Å². The highest BCUT2D eigenvalue weighted by atomic mass is 35.5. The van der Waals surface area contributed by atoms with E-state index in [0.717, 1.165) is 46.9 Å². The molecule has 7 heteroatoms. The van der Waals surface area contributed by atoms with Crippen molar-refractivity contribution in [2.75, 3.05) is 13.1 Å². The minimum absolute atomic E-state index is 0. The van der Waals surface area contributed by atoms with Crippen molar-refractivity contribution in [1.29, 1.82) is 0 Å². The quantitative estimate of drug-likeness (QED) is 0.867. The van der Waals surface area contributed by atoms with E-state index < -0.39 is 0 Å². The van der Waals surface area contributed by atoms with Gasteiger partial charge in [-0.2, -0.15) is 0 Å². The van der Waals surface area contributed by atoms with Crippen LogP contribution in [0.2, 0.25) is 0 Å². The first-order valence-electron chi connectivity index (χ1n) is 7.74. The van der Waals surface area contributed by atoms with Gasteiger partial charge in [-0.05, 0) is 26.2 Å². The van der Waals surface area contributed by atoms with Crippen molar-refractivity contribution < 1.29 is 4.79 Å². The van der Waals surface area contributed by atoms with Crippen LogP contribution in [0.25, 0.3) is 10.6 Å². The number of rotatable bonds is 3.